The van der Waals surface area contributed by atoms with Crippen LogP contribution < -0.4 is 11.1 Å². The number of methoxy groups -OCH3 is 1. The molecule has 106 valence electrons. The van der Waals surface area contributed by atoms with Crippen molar-refractivity contribution < 1.29 is 9.53 Å². The van der Waals surface area contributed by atoms with Crippen molar-refractivity contribution in [1.82, 2.24) is 5.32 Å². The highest BCUT2D eigenvalue weighted by Gasteiger charge is 2.19. The minimum Gasteiger partial charge on any atom is -0.383 e. The van der Waals surface area contributed by atoms with Gasteiger partial charge in [-0.3, -0.25) is 4.79 Å². The molecule has 0 bridgehead atoms. The average Bonchev–Trinajstić information content (AvgIpc) is 2.39. The van der Waals surface area contributed by atoms with Gasteiger partial charge in [0.05, 0.1) is 12.6 Å². The summed E-state index contributed by atoms with van der Waals surface area (Å²) in [7, 11) is 1.63. The molecule has 19 heavy (non-hydrogen) atoms. The number of aryl methyl sites for hydroxylation is 1. The molecular weight excluding hydrogens is 240 g/mol. The smallest absolute Gasteiger partial charge is 0.241 e. The number of carbonyl (C=O) groups excluding carboxylic acids is 1. The third kappa shape index (κ3) is 5.01. The van der Waals surface area contributed by atoms with Gasteiger partial charge in [0.1, 0.15) is 6.04 Å². The van der Waals surface area contributed by atoms with Crippen LogP contribution in [0.15, 0.2) is 24.3 Å². The van der Waals surface area contributed by atoms with E-state index in [2.05, 4.69) is 12.2 Å². The Balaban J connectivity index is 2.62. The largest absolute Gasteiger partial charge is 0.383 e. The molecule has 2 unspecified atom stereocenters. The van der Waals surface area contributed by atoms with E-state index in [0.717, 1.165) is 24.0 Å². The van der Waals surface area contributed by atoms with Crippen LogP contribution in [-0.2, 0) is 9.53 Å². The minimum absolute atomic E-state index is 0.0269. The van der Waals surface area contributed by atoms with Gasteiger partial charge < -0.3 is 15.8 Å². The fourth-order valence-electron chi connectivity index (χ4n) is 1.96. The number of rotatable bonds is 7. The summed E-state index contributed by atoms with van der Waals surface area (Å²) in [6.07, 6.45) is 1.88. The van der Waals surface area contributed by atoms with Crippen molar-refractivity contribution in [2.75, 3.05) is 13.7 Å². The molecule has 4 heteroatoms. The first-order valence-electron chi connectivity index (χ1n) is 6.70. The molecule has 0 aliphatic heterocycles. The number of hydrogen-bond donors (Lipinski definition) is 2. The lowest BCUT2D eigenvalue weighted by atomic mass is 10.0. The molecule has 0 fully saturated rings. The van der Waals surface area contributed by atoms with Gasteiger partial charge in [-0.15, -0.1) is 0 Å². The number of nitrogens with one attached hydrogen (secondary N) is 1. The Labute approximate surface area is 115 Å². The third-order valence-electron chi connectivity index (χ3n) is 3.07. The van der Waals surface area contributed by atoms with Crippen LogP contribution in [0.5, 0.6) is 0 Å². The molecule has 0 spiro atoms. The molecule has 1 rings (SSSR count). The standard InChI is InChI=1S/C15H24N2O2/c1-4-5-13(10-19-3)17-15(18)14(16)12-8-6-11(2)7-9-12/h6-9,13-14H,4-5,10,16H2,1-3H3,(H,17,18). The monoisotopic (exact) mass is 264 g/mol. The lowest BCUT2D eigenvalue weighted by Crippen LogP contribution is -2.42. The van der Waals surface area contributed by atoms with Gasteiger partial charge in [-0.05, 0) is 18.9 Å². The van der Waals surface area contributed by atoms with Crippen molar-refractivity contribution in [1.29, 1.82) is 0 Å². The van der Waals surface area contributed by atoms with Crippen LogP contribution in [0.2, 0.25) is 0 Å². The van der Waals surface area contributed by atoms with Crippen LogP contribution in [0.4, 0.5) is 0 Å². The second-order valence-electron chi connectivity index (χ2n) is 4.84. The van der Waals surface area contributed by atoms with E-state index in [-0.39, 0.29) is 11.9 Å². The zero-order chi connectivity index (χ0) is 14.3. The van der Waals surface area contributed by atoms with E-state index >= 15 is 0 Å². The summed E-state index contributed by atoms with van der Waals surface area (Å²) in [5, 5.41) is 2.94. The molecule has 0 aromatic heterocycles. The molecule has 1 aromatic carbocycles. The zero-order valence-corrected chi connectivity index (χ0v) is 12.0. The Morgan fingerprint density at radius 3 is 2.53 bits per heavy atom. The summed E-state index contributed by atoms with van der Waals surface area (Å²) in [5.74, 6) is -0.153. The molecular formula is C15H24N2O2. The minimum atomic E-state index is -0.628. The number of carbonyl (C=O) groups is 1. The van der Waals surface area contributed by atoms with Crippen molar-refractivity contribution >= 4 is 5.91 Å². The van der Waals surface area contributed by atoms with Gasteiger partial charge >= 0.3 is 0 Å². The highest BCUT2D eigenvalue weighted by molar-refractivity contribution is 5.83. The van der Waals surface area contributed by atoms with E-state index in [1.54, 1.807) is 7.11 Å². The van der Waals surface area contributed by atoms with Crippen LogP contribution >= 0.6 is 0 Å². The van der Waals surface area contributed by atoms with E-state index in [1.807, 2.05) is 31.2 Å². The first kappa shape index (κ1) is 15.7. The van der Waals surface area contributed by atoms with Crippen molar-refractivity contribution in [3.8, 4) is 0 Å². The predicted molar refractivity (Wildman–Crippen MR) is 76.8 cm³/mol. The maximum Gasteiger partial charge on any atom is 0.241 e. The predicted octanol–water partition coefficient (Wildman–Crippen LogP) is 1.93. The molecule has 1 aromatic rings. The second-order valence-corrected chi connectivity index (χ2v) is 4.84. The molecule has 0 saturated heterocycles. The van der Waals surface area contributed by atoms with Crippen LogP contribution in [0, 0.1) is 6.92 Å². The quantitative estimate of drug-likeness (QED) is 0.791. The number of ether oxygens (including phenoxy) is 1. The van der Waals surface area contributed by atoms with Gasteiger partial charge in [-0.25, -0.2) is 0 Å². The molecule has 2 atom stereocenters. The highest BCUT2D eigenvalue weighted by Crippen LogP contribution is 2.12. The molecule has 0 heterocycles. The van der Waals surface area contributed by atoms with E-state index < -0.39 is 6.04 Å². The van der Waals surface area contributed by atoms with Gasteiger partial charge in [-0.2, -0.15) is 0 Å². The molecule has 0 aliphatic rings. The normalized spacial score (nSPS) is 13.9. The van der Waals surface area contributed by atoms with E-state index in [0.29, 0.717) is 6.61 Å². The van der Waals surface area contributed by atoms with Gasteiger partial charge in [0.15, 0.2) is 0 Å². The molecule has 3 N–H and O–H groups in total. The topological polar surface area (TPSA) is 64.3 Å². The summed E-state index contributed by atoms with van der Waals surface area (Å²) in [4.78, 5) is 12.1. The SMILES string of the molecule is CCCC(COC)NC(=O)C(N)c1ccc(C)cc1. The molecule has 4 nitrogen and oxygen atoms in total. The summed E-state index contributed by atoms with van der Waals surface area (Å²) in [6.45, 7) is 4.60. The van der Waals surface area contributed by atoms with Crippen LogP contribution in [0.3, 0.4) is 0 Å². The maximum atomic E-state index is 12.1. The van der Waals surface area contributed by atoms with E-state index in [9.17, 15) is 4.79 Å². The summed E-state index contributed by atoms with van der Waals surface area (Å²) >= 11 is 0. The molecule has 0 radical (unpaired) electrons. The Bertz CT molecular complexity index is 384. The second kappa shape index (κ2) is 7.92. The Kier molecular flexibility index (Phi) is 6.53. The number of hydrogen-bond acceptors (Lipinski definition) is 3. The number of benzene rings is 1. The van der Waals surface area contributed by atoms with Gasteiger partial charge in [0.2, 0.25) is 5.91 Å². The Morgan fingerprint density at radius 2 is 2.00 bits per heavy atom. The average molecular weight is 264 g/mol. The van der Waals surface area contributed by atoms with Crippen LogP contribution in [0.25, 0.3) is 0 Å². The first-order valence-corrected chi connectivity index (χ1v) is 6.70. The highest BCUT2D eigenvalue weighted by atomic mass is 16.5. The van der Waals surface area contributed by atoms with Crippen molar-refractivity contribution in [2.24, 2.45) is 5.73 Å². The summed E-state index contributed by atoms with van der Waals surface area (Å²) in [6, 6.07) is 7.11. The lowest BCUT2D eigenvalue weighted by molar-refractivity contribution is -0.123. The van der Waals surface area contributed by atoms with Gasteiger partial charge in [0.25, 0.3) is 0 Å². The Morgan fingerprint density at radius 1 is 1.37 bits per heavy atom. The third-order valence-corrected chi connectivity index (χ3v) is 3.07. The maximum absolute atomic E-state index is 12.1. The van der Waals surface area contributed by atoms with Crippen molar-refractivity contribution in [2.45, 2.75) is 38.8 Å². The van der Waals surface area contributed by atoms with Gasteiger partial charge in [-0.1, -0.05) is 43.2 Å². The fraction of sp³-hybridized carbons (Fsp3) is 0.533. The molecule has 1 amide bonds. The van der Waals surface area contributed by atoms with Crippen molar-refractivity contribution in [3.63, 3.8) is 0 Å². The zero-order valence-electron chi connectivity index (χ0n) is 12.0. The number of amides is 1. The Hall–Kier alpha value is -1.39. The molecule has 0 saturated carbocycles. The van der Waals surface area contributed by atoms with Crippen LogP contribution in [-0.4, -0.2) is 25.7 Å². The van der Waals surface area contributed by atoms with E-state index in [1.165, 1.54) is 0 Å². The van der Waals surface area contributed by atoms with Gasteiger partial charge in [0, 0.05) is 7.11 Å². The van der Waals surface area contributed by atoms with E-state index in [4.69, 9.17) is 10.5 Å². The van der Waals surface area contributed by atoms with Crippen LogP contribution in [0.1, 0.15) is 36.9 Å². The molecule has 0 aliphatic carbocycles. The van der Waals surface area contributed by atoms with Crippen molar-refractivity contribution in [3.05, 3.63) is 35.4 Å². The fourth-order valence-corrected chi connectivity index (χ4v) is 1.96. The number of nitrogens with two attached hydrogens (primary N) is 1. The summed E-state index contributed by atoms with van der Waals surface area (Å²) in [5.41, 5.74) is 7.96. The first-order chi connectivity index (χ1) is 9.08. The lowest BCUT2D eigenvalue weighted by Gasteiger charge is -2.20. The summed E-state index contributed by atoms with van der Waals surface area (Å²) < 4.78 is 5.10.